The van der Waals surface area contributed by atoms with E-state index in [0.717, 1.165) is 24.3 Å². The minimum absolute atomic E-state index is 0.888. The van der Waals surface area contributed by atoms with Gasteiger partial charge in [0.1, 0.15) is 5.76 Å². The van der Waals surface area contributed by atoms with Crippen LogP contribution in [0.5, 0.6) is 0 Å². The molecule has 0 fully saturated rings. The van der Waals surface area contributed by atoms with E-state index in [0.29, 0.717) is 0 Å². The number of nitrogens with zero attached hydrogens (tertiary/aromatic N) is 1. The van der Waals surface area contributed by atoms with Gasteiger partial charge in [0.05, 0.1) is 5.69 Å². The van der Waals surface area contributed by atoms with Gasteiger partial charge in [-0.25, -0.2) is 0 Å². The highest BCUT2D eigenvalue weighted by atomic mass is 16.5. The highest BCUT2D eigenvalue weighted by molar-refractivity contribution is 5.10. The average Bonchev–Trinajstić information content (AvgIpc) is 2.31. The summed E-state index contributed by atoms with van der Waals surface area (Å²) in [6.07, 6.45) is 4.27. The molecule has 0 amide bonds. The Morgan fingerprint density at radius 3 is 3.00 bits per heavy atom. The fraction of sp³-hybridized carbons (Fsp3) is 0.500. The topological polar surface area (TPSA) is 26.0 Å². The van der Waals surface area contributed by atoms with Crippen LogP contribution >= 0.6 is 0 Å². The third-order valence-corrected chi connectivity index (χ3v) is 1.28. The highest BCUT2D eigenvalue weighted by Gasteiger charge is 1.98. The van der Waals surface area contributed by atoms with Gasteiger partial charge >= 0.3 is 0 Å². The molecule has 55 valence electrons. The van der Waals surface area contributed by atoms with E-state index in [1.807, 2.05) is 13.0 Å². The maximum Gasteiger partial charge on any atom is 0.140 e. The van der Waals surface area contributed by atoms with Gasteiger partial charge in [-0.3, -0.25) is 0 Å². The molecule has 0 aliphatic rings. The summed E-state index contributed by atoms with van der Waals surface area (Å²) in [7, 11) is 0. The van der Waals surface area contributed by atoms with E-state index in [-0.39, 0.29) is 0 Å². The summed E-state index contributed by atoms with van der Waals surface area (Å²) in [4.78, 5) is 0. The lowest BCUT2D eigenvalue weighted by Gasteiger charge is -1.87. The average molecular weight is 138 g/mol. The first-order valence-corrected chi connectivity index (χ1v) is 3.59. The number of rotatable bonds is 3. The van der Waals surface area contributed by atoms with Crippen molar-refractivity contribution in [1.29, 1.82) is 0 Å². The van der Waals surface area contributed by atoms with E-state index in [2.05, 4.69) is 18.5 Å². The molecule has 0 aromatic carbocycles. The van der Waals surface area contributed by atoms with E-state index in [4.69, 9.17) is 4.52 Å². The maximum absolute atomic E-state index is 4.96. The smallest absolute Gasteiger partial charge is 0.140 e. The van der Waals surface area contributed by atoms with Crippen LogP contribution in [-0.4, -0.2) is 5.16 Å². The second kappa shape index (κ2) is 3.40. The van der Waals surface area contributed by atoms with Crippen molar-refractivity contribution in [3.05, 3.63) is 23.9 Å². The van der Waals surface area contributed by atoms with Crippen LogP contribution in [0.15, 0.2) is 10.6 Å². The Bertz CT molecular complexity index is 193. The number of aryl methyl sites for hydroxylation is 1. The molecule has 0 aliphatic carbocycles. The van der Waals surface area contributed by atoms with E-state index in [1.165, 1.54) is 0 Å². The Balaban J connectivity index is 2.42. The fourth-order valence-corrected chi connectivity index (χ4v) is 0.766. The molecule has 0 atom stereocenters. The van der Waals surface area contributed by atoms with E-state index >= 15 is 0 Å². The van der Waals surface area contributed by atoms with Crippen LogP contribution in [0.1, 0.15) is 31.2 Å². The van der Waals surface area contributed by atoms with Crippen molar-refractivity contribution in [1.82, 2.24) is 5.16 Å². The molecule has 1 radical (unpaired) electrons. The standard InChI is InChI=1S/C8H12NO/c1-3-4-5-8-6-7(2)9-10-8/h5-6H,3-4H2,1-2H3. The summed E-state index contributed by atoms with van der Waals surface area (Å²) in [6.45, 7) is 4.06. The number of unbranched alkanes of at least 4 members (excludes halogenated alkanes) is 1. The van der Waals surface area contributed by atoms with Crippen molar-refractivity contribution in [2.45, 2.75) is 26.7 Å². The predicted octanol–water partition coefficient (Wildman–Crippen LogP) is 2.34. The van der Waals surface area contributed by atoms with Gasteiger partial charge in [0.15, 0.2) is 0 Å². The van der Waals surface area contributed by atoms with Gasteiger partial charge < -0.3 is 4.52 Å². The van der Waals surface area contributed by atoms with Gasteiger partial charge in [-0.1, -0.05) is 18.5 Å². The van der Waals surface area contributed by atoms with Crippen LogP contribution in [0.2, 0.25) is 0 Å². The molecule has 0 saturated carbocycles. The molecule has 1 aromatic rings. The molecule has 0 bridgehead atoms. The fourth-order valence-electron chi connectivity index (χ4n) is 0.766. The second-order valence-corrected chi connectivity index (χ2v) is 2.36. The highest BCUT2D eigenvalue weighted by Crippen LogP contribution is 2.07. The van der Waals surface area contributed by atoms with Crippen LogP contribution in [0.4, 0.5) is 0 Å². The molecule has 2 nitrogen and oxygen atoms in total. The summed E-state index contributed by atoms with van der Waals surface area (Å²) in [6, 6.07) is 1.94. The molecule has 10 heavy (non-hydrogen) atoms. The summed E-state index contributed by atoms with van der Waals surface area (Å²) in [5.41, 5.74) is 0.947. The normalized spacial score (nSPS) is 10.2. The zero-order valence-corrected chi connectivity index (χ0v) is 6.42. The molecule has 0 aliphatic heterocycles. The summed E-state index contributed by atoms with van der Waals surface area (Å²) in [5.74, 6) is 0.888. The van der Waals surface area contributed by atoms with Crippen molar-refractivity contribution in [3.8, 4) is 0 Å². The molecular formula is C8H12NO. The quantitative estimate of drug-likeness (QED) is 0.640. The lowest BCUT2D eigenvalue weighted by Crippen LogP contribution is -1.74. The predicted molar refractivity (Wildman–Crippen MR) is 39.6 cm³/mol. The van der Waals surface area contributed by atoms with Gasteiger partial charge in [-0.05, 0) is 13.3 Å². The van der Waals surface area contributed by atoms with Gasteiger partial charge in [0.25, 0.3) is 0 Å². The maximum atomic E-state index is 4.96. The van der Waals surface area contributed by atoms with Gasteiger partial charge in [0, 0.05) is 12.5 Å². The van der Waals surface area contributed by atoms with Crippen molar-refractivity contribution >= 4 is 0 Å². The molecular weight excluding hydrogens is 126 g/mol. The first-order chi connectivity index (χ1) is 4.83. The summed E-state index contributed by atoms with van der Waals surface area (Å²) < 4.78 is 4.96. The first kappa shape index (κ1) is 7.32. The van der Waals surface area contributed by atoms with E-state index < -0.39 is 0 Å². The SMILES string of the molecule is CCC[CH]c1cc(C)no1. The van der Waals surface area contributed by atoms with Crippen LogP contribution in [-0.2, 0) is 0 Å². The molecule has 0 saturated heterocycles. The monoisotopic (exact) mass is 138 g/mol. The summed E-state index contributed by atoms with van der Waals surface area (Å²) >= 11 is 0. The van der Waals surface area contributed by atoms with Gasteiger partial charge in [0.2, 0.25) is 0 Å². The van der Waals surface area contributed by atoms with Crippen molar-refractivity contribution in [3.63, 3.8) is 0 Å². The van der Waals surface area contributed by atoms with Crippen LogP contribution in [0, 0.1) is 13.3 Å². The van der Waals surface area contributed by atoms with Crippen LogP contribution in [0.25, 0.3) is 0 Å². The van der Waals surface area contributed by atoms with Crippen LogP contribution < -0.4 is 0 Å². The minimum atomic E-state index is 0.888. The zero-order chi connectivity index (χ0) is 7.40. The zero-order valence-electron chi connectivity index (χ0n) is 6.42. The third-order valence-electron chi connectivity index (χ3n) is 1.28. The number of hydrogen-bond acceptors (Lipinski definition) is 2. The van der Waals surface area contributed by atoms with E-state index in [1.54, 1.807) is 0 Å². The molecule has 1 heterocycles. The second-order valence-electron chi connectivity index (χ2n) is 2.36. The Hall–Kier alpha value is -0.790. The first-order valence-electron chi connectivity index (χ1n) is 3.59. The largest absolute Gasteiger partial charge is 0.361 e. The lowest BCUT2D eigenvalue weighted by molar-refractivity contribution is 0.395. The number of aromatic nitrogens is 1. The van der Waals surface area contributed by atoms with E-state index in [9.17, 15) is 0 Å². The molecule has 1 rings (SSSR count). The number of hydrogen-bond donors (Lipinski definition) is 0. The Kier molecular flexibility index (Phi) is 2.49. The lowest BCUT2D eigenvalue weighted by atomic mass is 10.2. The third kappa shape index (κ3) is 1.87. The van der Waals surface area contributed by atoms with Crippen molar-refractivity contribution in [2.24, 2.45) is 0 Å². The van der Waals surface area contributed by atoms with Crippen molar-refractivity contribution in [2.75, 3.05) is 0 Å². The van der Waals surface area contributed by atoms with Gasteiger partial charge in [-0.2, -0.15) is 0 Å². The van der Waals surface area contributed by atoms with Crippen molar-refractivity contribution < 1.29 is 4.52 Å². The Morgan fingerprint density at radius 1 is 1.70 bits per heavy atom. The molecule has 0 N–H and O–H groups in total. The van der Waals surface area contributed by atoms with Crippen LogP contribution in [0.3, 0.4) is 0 Å². The molecule has 0 unspecified atom stereocenters. The molecule has 1 aromatic heterocycles. The Labute approximate surface area is 61.2 Å². The molecule has 0 spiro atoms. The summed E-state index contributed by atoms with van der Waals surface area (Å²) in [5, 5.41) is 3.76. The van der Waals surface area contributed by atoms with Gasteiger partial charge in [-0.15, -0.1) is 0 Å². The minimum Gasteiger partial charge on any atom is -0.361 e. The molecule has 2 heteroatoms. The Morgan fingerprint density at radius 2 is 2.50 bits per heavy atom.